The average molecular weight is 467 g/mol. The van der Waals surface area contributed by atoms with E-state index in [1.54, 1.807) is 0 Å². The third-order valence-corrected chi connectivity index (χ3v) is 8.76. The van der Waals surface area contributed by atoms with Gasteiger partial charge >= 0.3 is 0 Å². The van der Waals surface area contributed by atoms with Crippen molar-refractivity contribution in [3.63, 3.8) is 0 Å². The molecule has 3 aromatic heterocycles. The topological polar surface area (TPSA) is 17.3 Å². The van der Waals surface area contributed by atoms with Crippen LogP contribution in [0, 0.1) is 0 Å². The molecule has 0 bridgehead atoms. The van der Waals surface area contributed by atoms with Crippen LogP contribution < -0.4 is 0 Å². The second-order valence-electron chi connectivity index (χ2n) is 11.9. The lowest BCUT2D eigenvalue weighted by Gasteiger charge is -2.26. The molecule has 1 aliphatic rings. The maximum atomic E-state index is 5.03. The van der Waals surface area contributed by atoms with Gasteiger partial charge in [0.05, 0.1) is 22.1 Å². The summed E-state index contributed by atoms with van der Waals surface area (Å²) >= 11 is 0. The molecular weight excluding hydrogens is 436 g/mol. The Balaban J connectivity index is 1.69. The number of aromatic nitrogens is 2. The second kappa shape index (κ2) is 6.97. The first-order chi connectivity index (χ1) is 17.5. The number of hydrogen-bond donors (Lipinski definition) is 0. The lowest BCUT2D eigenvalue weighted by molar-refractivity contribution is 0.600. The summed E-state index contributed by atoms with van der Waals surface area (Å²) in [5, 5.41) is 9.17. The third-order valence-electron chi connectivity index (χ3n) is 8.76. The zero-order valence-corrected chi connectivity index (χ0v) is 21.2. The summed E-state index contributed by atoms with van der Waals surface area (Å²) in [5.41, 5.74) is 7.96. The summed E-state index contributed by atoms with van der Waals surface area (Å²) in [6, 6.07) is 25.4. The van der Waals surface area contributed by atoms with Gasteiger partial charge in [-0.05, 0) is 75.7 Å². The molecule has 0 atom stereocenters. The quantitative estimate of drug-likeness (QED) is 0.174. The molecule has 1 aliphatic carbocycles. The molecule has 0 spiro atoms. The van der Waals surface area contributed by atoms with Gasteiger partial charge in [-0.25, -0.2) is 0 Å². The molecular formula is C34H30N2. The van der Waals surface area contributed by atoms with Crippen LogP contribution in [0.3, 0.4) is 0 Å². The van der Waals surface area contributed by atoms with Crippen molar-refractivity contribution in [2.75, 3.05) is 0 Å². The highest BCUT2D eigenvalue weighted by atomic mass is 14.9. The highest BCUT2D eigenvalue weighted by Gasteiger charge is 2.27. The van der Waals surface area contributed by atoms with Gasteiger partial charge in [-0.15, -0.1) is 0 Å². The number of benzene rings is 4. The van der Waals surface area contributed by atoms with E-state index in [9.17, 15) is 0 Å². The van der Waals surface area contributed by atoms with Gasteiger partial charge in [-0.1, -0.05) is 76.1 Å². The van der Waals surface area contributed by atoms with Gasteiger partial charge < -0.3 is 4.40 Å². The van der Waals surface area contributed by atoms with Crippen LogP contribution in [0.15, 0.2) is 72.9 Å². The van der Waals surface area contributed by atoms with E-state index in [-0.39, 0.29) is 5.41 Å². The van der Waals surface area contributed by atoms with Gasteiger partial charge in [0.25, 0.3) is 0 Å². The minimum atomic E-state index is -0.0299. The Hall–Kier alpha value is -3.65. The zero-order chi connectivity index (χ0) is 24.2. The molecule has 3 heterocycles. The Kier molecular flexibility index (Phi) is 3.98. The number of pyridine rings is 2. The van der Waals surface area contributed by atoms with Gasteiger partial charge in [0, 0.05) is 27.7 Å². The van der Waals surface area contributed by atoms with Crippen molar-refractivity contribution in [1.82, 2.24) is 9.38 Å². The Labute approximate surface area is 210 Å². The van der Waals surface area contributed by atoms with Gasteiger partial charge in [0.15, 0.2) is 0 Å². The maximum absolute atomic E-state index is 5.03. The molecule has 4 aromatic carbocycles. The van der Waals surface area contributed by atoms with Crippen LogP contribution in [0.1, 0.15) is 63.5 Å². The van der Waals surface area contributed by atoms with Crippen molar-refractivity contribution in [2.24, 2.45) is 0 Å². The minimum Gasteiger partial charge on any atom is -0.308 e. The molecule has 0 aliphatic heterocycles. The molecule has 176 valence electrons. The summed E-state index contributed by atoms with van der Waals surface area (Å²) in [7, 11) is 0. The minimum absolute atomic E-state index is 0.0299. The van der Waals surface area contributed by atoms with Crippen LogP contribution in [0.25, 0.3) is 59.8 Å². The van der Waals surface area contributed by atoms with Gasteiger partial charge in [-0.3, -0.25) is 4.98 Å². The number of rotatable bonds is 1. The first-order valence-corrected chi connectivity index (χ1v) is 13.4. The number of fused-ring (bicyclic) bond motifs is 7. The Morgan fingerprint density at radius 1 is 0.750 bits per heavy atom. The fraction of sp³-hybridized carbons (Fsp3) is 0.265. The summed E-state index contributed by atoms with van der Waals surface area (Å²) in [4.78, 5) is 5.03. The highest BCUT2D eigenvalue weighted by Crippen LogP contribution is 2.46. The lowest BCUT2D eigenvalue weighted by atomic mass is 9.81. The van der Waals surface area contributed by atoms with E-state index in [1.807, 2.05) is 6.20 Å². The molecule has 0 amide bonds. The first kappa shape index (κ1) is 20.5. The standard InChI is InChI=1S/C34H30N2/c1-34(2,3)30-24-11-7-6-10-23(24)19-27-31-29-21(16-17-35-31)12-14-25-26-18-22(20-8-4-5-9-20)13-15-28(26)36(32(25)29)33(27)30/h6-7,10-20H,4-5,8-9H2,1-3H3. The third kappa shape index (κ3) is 2.60. The van der Waals surface area contributed by atoms with Crippen LogP contribution in [-0.4, -0.2) is 9.38 Å². The molecule has 0 unspecified atom stereocenters. The van der Waals surface area contributed by atoms with Gasteiger partial charge in [0.2, 0.25) is 0 Å². The highest BCUT2D eigenvalue weighted by molar-refractivity contribution is 6.29. The van der Waals surface area contributed by atoms with E-state index < -0.39 is 0 Å². The van der Waals surface area contributed by atoms with E-state index in [1.165, 1.54) is 91.1 Å². The van der Waals surface area contributed by atoms with Crippen LogP contribution in [0.5, 0.6) is 0 Å². The smallest absolute Gasteiger partial charge is 0.0823 e. The van der Waals surface area contributed by atoms with Crippen LogP contribution >= 0.6 is 0 Å². The van der Waals surface area contributed by atoms with Crippen molar-refractivity contribution in [1.29, 1.82) is 0 Å². The molecule has 7 aromatic rings. The molecule has 0 radical (unpaired) electrons. The lowest BCUT2D eigenvalue weighted by Crippen LogP contribution is -2.14. The number of hydrogen-bond acceptors (Lipinski definition) is 1. The molecule has 1 saturated carbocycles. The summed E-state index contributed by atoms with van der Waals surface area (Å²) < 4.78 is 2.59. The maximum Gasteiger partial charge on any atom is 0.0823 e. The largest absolute Gasteiger partial charge is 0.308 e. The Morgan fingerprint density at radius 2 is 1.58 bits per heavy atom. The zero-order valence-electron chi connectivity index (χ0n) is 21.2. The van der Waals surface area contributed by atoms with E-state index in [0.29, 0.717) is 5.92 Å². The first-order valence-electron chi connectivity index (χ1n) is 13.4. The molecule has 1 fully saturated rings. The van der Waals surface area contributed by atoms with Crippen molar-refractivity contribution in [2.45, 2.75) is 57.8 Å². The van der Waals surface area contributed by atoms with Crippen molar-refractivity contribution in [3.05, 3.63) is 84.1 Å². The summed E-state index contributed by atoms with van der Waals surface area (Å²) in [5.74, 6) is 0.706. The fourth-order valence-electron chi connectivity index (χ4n) is 7.24. The van der Waals surface area contributed by atoms with Crippen LogP contribution in [-0.2, 0) is 5.41 Å². The summed E-state index contributed by atoms with van der Waals surface area (Å²) in [6.07, 6.45) is 7.35. The molecule has 2 heteroatoms. The van der Waals surface area contributed by atoms with E-state index in [4.69, 9.17) is 4.98 Å². The second-order valence-corrected chi connectivity index (χ2v) is 11.9. The van der Waals surface area contributed by atoms with Crippen LogP contribution in [0.4, 0.5) is 0 Å². The van der Waals surface area contributed by atoms with Gasteiger partial charge in [-0.2, -0.15) is 0 Å². The monoisotopic (exact) mass is 466 g/mol. The average Bonchev–Trinajstić information content (AvgIpc) is 3.53. The molecule has 8 rings (SSSR count). The predicted octanol–water partition coefficient (Wildman–Crippen LogP) is 9.49. The van der Waals surface area contributed by atoms with Crippen molar-refractivity contribution < 1.29 is 0 Å². The molecule has 0 N–H and O–H groups in total. The van der Waals surface area contributed by atoms with E-state index in [0.717, 1.165) is 5.52 Å². The van der Waals surface area contributed by atoms with E-state index >= 15 is 0 Å². The van der Waals surface area contributed by atoms with Crippen LogP contribution in [0.2, 0.25) is 0 Å². The molecule has 0 saturated heterocycles. The van der Waals surface area contributed by atoms with Gasteiger partial charge in [0.1, 0.15) is 0 Å². The number of nitrogens with zero attached hydrogens (tertiary/aromatic N) is 2. The SMILES string of the molecule is CC(C)(C)c1c2ccccc2cc2c3nccc4ccc5c6cc(C7CCCC7)ccc6n(c12)c5c43. The predicted molar refractivity (Wildman–Crippen MR) is 154 cm³/mol. The Morgan fingerprint density at radius 3 is 2.42 bits per heavy atom. The molecule has 2 nitrogen and oxygen atoms in total. The summed E-state index contributed by atoms with van der Waals surface area (Å²) in [6.45, 7) is 7.06. The van der Waals surface area contributed by atoms with E-state index in [2.05, 4.69) is 91.9 Å². The normalized spacial score (nSPS) is 15.6. The molecule has 36 heavy (non-hydrogen) atoms. The van der Waals surface area contributed by atoms with Crippen molar-refractivity contribution >= 4 is 59.8 Å². The van der Waals surface area contributed by atoms with Crippen molar-refractivity contribution in [3.8, 4) is 0 Å². The Bertz CT molecular complexity index is 1980. The fourth-order valence-corrected chi connectivity index (χ4v) is 7.24.